The van der Waals surface area contributed by atoms with E-state index in [1.165, 1.54) is 0 Å². The fourth-order valence-corrected chi connectivity index (χ4v) is 3.50. The summed E-state index contributed by atoms with van der Waals surface area (Å²) in [6.45, 7) is 0. The lowest BCUT2D eigenvalue weighted by Crippen LogP contribution is -2.00. The molecule has 3 heterocycles. The number of para-hydroxylation sites is 6. The van der Waals surface area contributed by atoms with Crippen LogP contribution >= 0.6 is 0 Å². The lowest BCUT2D eigenvalue weighted by atomic mass is 10.1. The minimum Gasteiger partial charge on any atom is -0.252 e. The number of nitrogens with zero attached hydrogens (tertiary/aromatic N) is 6. The molecule has 0 saturated heterocycles. The van der Waals surface area contributed by atoms with E-state index in [1.54, 1.807) is 12.4 Å². The van der Waals surface area contributed by atoms with Gasteiger partial charge in [0.1, 0.15) is 22.8 Å². The molecule has 0 bridgehead atoms. The van der Waals surface area contributed by atoms with Crippen LogP contribution in [0, 0.1) is 0 Å². The van der Waals surface area contributed by atoms with Crippen molar-refractivity contribution in [3.8, 4) is 22.8 Å². The number of hydrogen-bond acceptors (Lipinski definition) is 6. The van der Waals surface area contributed by atoms with Crippen molar-refractivity contribution in [1.29, 1.82) is 0 Å². The van der Waals surface area contributed by atoms with Crippen molar-refractivity contribution in [3.05, 3.63) is 85.2 Å². The third-order valence-corrected chi connectivity index (χ3v) is 4.95. The van der Waals surface area contributed by atoms with E-state index in [2.05, 4.69) is 9.97 Å². The predicted molar refractivity (Wildman–Crippen MR) is 117 cm³/mol. The van der Waals surface area contributed by atoms with E-state index in [0.717, 1.165) is 33.1 Å². The third-order valence-electron chi connectivity index (χ3n) is 4.95. The highest BCUT2D eigenvalue weighted by atomic mass is 14.9. The molecule has 0 N–H and O–H groups in total. The van der Waals surface area contributed by atoms with Gasteiger partial charge in [-0.1, -0.05) is 36.4 Å². The van der Waals surface area contributed by atoms with Crippen LogP contribution in [0.2, 0.25) is 0 Å². The van der Waals surface area contributed by atoms with E-state index in [9.17, 15) is 0 Å². The topological polar surface area (TPSA) is 77.3 Å². The summed E-state index contributed by atoms with van der Waals surface area (Å²) in [7, 11) is 0. The lowest BCUT2D eigenvalue weighted by Gasteiger charge is -2.10. The Bertz CT molecular complexity index is 1440. The first-order valence-corrected chi connectivity index (χ1v) is 9.56. The summed E-state index contributed by atoms with van der Waals surface area (Å²) in [5.41, 5.74) is 7.44. The Kier molecular flexibility index (Phi) is 3.67. The summed E-state index contributed by atoms with van der Waals surface area (Å²) < 4.78 is 0. The Morgan fingerprint density at radius 1 is 0.367 bits per heavy atom. The van der Waals surface area contributed by atoms with Crippen LogP contribution in [0.25, 0.3) is 55.9 Å². The molecule has 6 rings (SSSR count). The molecule has 0 spiro atoms. The molecule has 6 heteroatoms. The van der Waals surface area contributed by atoms with Crippen molar-refractivity contribution in [3.63, 3.8) is 0 Å². The Hall–Kier alpha value is -4.32. The van der Waals surface area contributed by atoms with E-state index in [0.29, 0.717) is 22.8 Å². The zero-order chi connectivity index (χ0) is 19.9. The van der Waals surface area contributed by atoms with Crippen molar-refractivity contribution in [2.75, 3.05) is 0 Å². The normalized spacial score (nSPS) is 11.3. The number of aromatic nitrogens is 6. The zero-order valence-electron chi connectivity index (χ0n) is 15.8. The number of rotatable bonds is 2. The SMILES string of the molecule is c1ccc2nc(-c3nc4ccccc4nc3-c3cnc4ccccc4n3)cnc2c1. The third kappa shape index (κ3) is 2.74. The van der Waals surface area contributed by atoms with Crippen LogP contribution in [0.5, 0.6) is 0 Å². The maximum absolute atomic E-state index is 4.88. The van der Waals surface area contributed by atoms with Crippen molar-refractivity contribution in [2.45, 2.75) is 0 Å². The van der Waals surface area contributed by atoms with E-state index in [1.807, 2.05) is 72.8 Å². The quantitative estimate of drug-likeness (QED) is 0.423. The monoisotopic (exact) mass is 386 g/mol. The van der Waals surface area contributed by atoms with Gasteiger partial charge in [-0.25, -0.2) is 19.9 Å². The summed E-state index contributed by atoms with van der Waals surface area (Å²) in [5.74, 6) is 0. The van der Waals surface area contributed by atoms with E-state index in [4.69, 9.17) is 19.9 Å². The molecule has 0 saturated carbocycles. The van der Waals surface area contributed by atoms with Crippen LogP contribution in [0.3, 0.4) is 0 Å². The summed E-state index contributed by atoms with van der Waals surface area (Å²) in [5, 5.41) is 0. The van der Waals surface area contributed by atoms with Crippen LogP contribution in [0.4, 0.5) is 0 Å². The maximum atomic E-state index is 4.88. The second-order valence-electron chi connectivity index (χ2n) is 6.90. The zero-order valence-corrected chi connectivity index (χ0v) is 15.8. The summed E-state index contributed by atoms with van der Waals surface area (Å²) in [6, 6.07) is 23.3. The number of hydrogen-bond donors (Lipinski definition) is 0. The van der Waals surface area contributed by atoms with Crippen LogP contribution in [-0.2, 0) is 0 Å². The summed E-state index contributed by atoms with van der Waals surface area (Å²) >= 11 is 0. The second kappa shape index (κ2) is 6.63. The fourth-order valence-electron chi connectivity index (χ4n) is 3.50. The van der Waals surface area contributed by atoms with Crippen molar-refractivity contribution < 1.29 is 0 Å². The molecule has 6 aromatic rings. The first kappa shape index (κ1) is 16.6. The Labute approximate surface area is 171 Å². The average Bonchev–Trinajstić information content (AvgIpc) is 2.82. The van der Waals surface area contributed by atoms with Crippen molar-refractivity contribution in [2.24, 2.45) is 0 Å². The molecule has 0 fully saturated rings. The summed E-state index contributed by atoms with van der Waals surface area (Å²) in [6.07, 6.45) is 3.47. The van der Waals surface area contributed by atoms with E-state index < -0.39 is 0 Å². The van der Waals surface area contributed by atoms with E-state index in [-0.39, 0.29) is 0 Å². The van der Waals surface area contributed by atoms with Gasteiger partial charge in [0.2, 0.25) is 0 Å². The predicted octanol–water partition coefficient (Wildman–Crippen LogP) is 4.85. The van der Waals surface area contributed by atoms with Crippen molar-refractivity contribution in [1.82, 2.24) is 29.9 Å². The standard InChI is InChI=1S/C24H14N6/c1-3-9-17-15(7-1)25-13-21(27-17)23-24(30-20-12-6-5-11-19(20)29-23)22-14-26-16-8-2-4-10-18(16)28-22/h1-14H. The highest BCUT2D eigenvalue weighted by Gasteiger charge is 2.17. The molecule has 3 aromatic carbocycles. The van der Waals surface area contributed by atoms with Gasteiger partial charge < -0.3 is 0 Å². The van der Waals surface area contributed by atoms with Gasteiger partial charge in [0, 0.05) is 0 Å². The molecule has 0 unspecified atom stereocenters. The fraction of sp³-hybridized carbons (Fsp3) is 0. The van der Waals surface area contributed by atoms with Gasteiger partial charge in [-0.15, -0.1) is 0 Å². The Balaban J connectivity index is 1.64. The molecule has 30 heavy (non-hydrogen) atoms. The van der Waals surface area contributed by atoms with Gasteiger partial charge >= 0.3 is 0 Å². The highest BCUT2D eigenvalue weighted by Crippen LogP contribution is 2.30. The van der Waals surface area contributed by atoms with Crippen LogP contribution in [-0.4, -0.2) is 29.9 Å². The molecule has 0 radical (unpaired) electrons. The Morgan fingerprint density at radius 2 is 0.700 bits per heavy atom. The van der Waals surface area contributed by atoms with Gasteiger partial charge in [0.25, 0.3) is 0 Å². The van der Waals surface area contributed by atoms with Gasteiger partial charge in [-0.3, -0.25) is 9.97 Å². The van der Waals surface area contributed by atoms with Gasteiger partial charge in [-0.2, -0.15) is 0 Å². The molecular weight excluding hydrogens is 372 g/mol. The molecule has 6 nitrogen and oxygen atoms in total. The average molecular weight is 386 g/mol. The molecule has 0 aliphatic heterocycles. The highest BCUT2D eigenvalue weighted by molar-refractivity contribution is 5.87. The smallest absolute Gasteiger partial charge is 0.119 e. The molecular formula is C24H14N6. The molecule has 0 atom stereocenters. The maximum Gasteiger partial charge on any atom is 0.119 e. The second-order valence-corrected chi connectivity index (χ2v) is 6.90. The van der Waals surface area contributed by atoms with Gasteiger partial charge in [-0.05, 0) is 36.4 Å². The molecule has 0 aliphatic rings. The first-order valence-electron chi connectivity index (χ1n) is 9.56. The molecule has 0 amide bonds. The molecule has 3 aromatic heterocycles. The minimum atomic E-state index is 0.636. The molecule has 140 valence electrons. The lowest BCUT2D eigenvalue weighted by molar-refractivity contribution is 1.20. The summed E-state index contributed by atoms with van der Waals surface area (Å²) in [4.78, 5) is 28.4. The Morgan fingerprint density at radius 3 is 1.10 bits per heavy atom. The van der Waals surface area contributed by atoms with Crippen LogP contribution in [0.1, 0.15) is 0 Å². The first-order chi connectivity index (χ1) is 14.8. The molecule has 0 aliphatic carbocycles. The largest absolute Gasteiger partial charge is 0.252 e. The minimum absolute atomic E-state index is 0.636. The van der Waals surface area contributed by atoms with Gasteiger partial charge in [0.05, 0.1) is 45.5 Å². The van der Waals surface area contributed by atoms with Crippen LogP contribution < -0.4 is 0 Å². The number of benzene rings is 3. The van der Waals surface area contributed by atoms with Gasteiger partial charge in [0.15, 0.2) is 0 Å². The van der Waals surface area contributed by atoms with E-state index >= 15 is 0 Å². The number of fused-ring (bicyclic) bond motifs is 3. The van der Waals surface area contributed by atoms with Crippen molar-refractivity contribution >= 4 is 33.1 Å². The van der Waals surface area contributed by atoms with Crippen LogP contribution in [0.15, 0.2) is 85.2 Å².